The lowest BCUT2D eigenvalue weighted by atomic mass is 9.80. The van der Waals surface area contributed by atoms with Gasteiger partial charge in [0.25, 0.3) is 5.91 Å². The molecule has 0 bridgehead atoms. The summed E-state index contributed by atoms with van der Waals surface area (Å²) in [5, 5.41) is 3.71. The van der Waals surface area contributed by atoms with E-state index in [2.05, 4.69) is 35.6 Å². The predicted molar refractivity (Wildman–Crippen MR) is 110 cm³/mol. The van der Waals surface area contributed by atoms with Crippen molar-refractivity contribution in [3.63, 3.8) is 0 Å². The molecule has 5 rings (SSSR count). The van der Waals surface area contributed by atoms with E-state index in [9.17, 15) is 4.79 Å². The number of nitrogens with zero attached hydrogens (tertiary/aromatic N) is 1. The van der Waals surface area contributed by atoms with E-state index in [0.717, 1.165) is 50.8 Å². The first-order valence-corrected chi connectivity index (χ1v) is 10.5. The molecule has 0 radical (unpaired) electrons. The van der Waals surface area contributed by atoms with Gasteiger partial charge < -0.3 is 15.0 Å². The lowest BCUT2D eigenvalue weighted by molar-refractivity contribution is -0.169. The molecule has 4 heteroatoms. The van der Waals surface area contributed by atoms with Crippen LogP contribution in [0.4, 0.5) is 5.69 Å². The third kappa shape index (κ3) is 3.36. The van der Waals surface area contributed by atoms with Gasteiger partial charge in [-0.3, -0.25) is 4.79 Å². The Bertz CT molecular complexity index is 824. The van der Waals surface area contributed by atoms with Crippen molar-refractivity contribution in [2.75, 3.05) is 11.4 Å². The predicted octanol–water partition coefficient (Wildman–Crippen LogP) is 4.05. The molecule has 1 N–H and O–H groups in total. The van der Waals surface area contributed by atoms with Gasteiger partial charge in [-0.25, -0.2) is 0 Å². The van der Waals surface area contributed by atoms with Gasteiger partial charge in [0.05, 0.1) is 12.1 Å². The SMILES string of the molecule is O=C1N(c2ccccc2)C[C@]2(CC[C@H](NCc3ccccc3)CC2)OC12CC2. The van der Waals surface area contributed by atoms with Gasteiger partial charge in [0.2, 0.25) is 0 Å². The number of ether oxygens (including phenoxy) is 1. The average molecular weight is 377 g/mol. The van der Waals surface area contributed by atoms with Gasteiger partial charge in [-0.15, -0.1) is 0 Å². The van der Waals surface area contributed by atoms with Crippen molar-refractivity contribution in [3.8, 4) is 0 Å². The van der Waals surface area contributed by atoms with Crippen molar-refractivity contribution in [2.24, 2.45) is 0 Å². The maximum absolute atomic E-state index is 13.0. The van der Waals surface area contributed by atoms with E-state index in [1.54, 1.807) is 0 Å². The summed E-state index contributed by atoms with van der Waals surface area (Å²) in [6, 6.07) is 21.2. The monoisotopic (exact) mass is 376 g/mol. The minimum Gasteiger partial charge on any atom is -0.357 e. The number of morpholine rings is 1. The maximum atomic E-state index is 13.0. The molecule has 3 fully saturated rings. The second-order valence-corrected chi connectivity index (χ2v) is 8.65. The number of benzene rings is 2. The van der Waals surface area contributed by atoms with Crippen molar-refractivity contribution in [2.45, 2.75) is 62.3 Å². The van der Waals surface area contributed by atoms with E-state index in [1.807, 2.05) is 35.2 Å². The fourth-order valence-electron chi connectivity index (χ4n) is 4.81. The van der Waals surface area contributed by atoms with Gasteiger partial charge in [-0.05, 0) is 56.2 Å². The average Bonchev–Trinajstić information content (AvgIpc) is 3.52. The van der Waals surface area contributed by atoms with E-state index in [1.165, 1.54) is 5.56 Å². The summed E-state index contributed by atoms with van der Waals surface area (Å²) < 4.78 is 6.57. The summed E-state index contributed by atoms with van der Waals surface area (Å²) in [5.74, 6) is 0.161. The molecule has 1 heterocycles. The highest BCUT2D eigenvalue weighted by Gasteiger charge is 2.62. The van der Waals surface area contributed by atoms with E-state index in [4.69, 9.17) is 4.74 Å². The van der Waals surface area contributed by atoms with Crippen molar-refractivity contribution in [3.05, 3.63) is 66.2 Å². The minimum atomic E-state index is -0.543. The van der Waals surface area contributed by atoms with E-state index < -0.39 is 5.60 Å². The number of para-hydroxylation sites is 1. The molecule has 0 unspecified atom stereocenters. The zero-order valence-corrected chi connectivity index (χ0v) is 16.3. The number of hydrogen-bond donors (Lipinski definition) is 1. The van der Waals surface area contributed by atoms with Crippen molar-refractivity contribution >= 4 is 11.6 Å². The van der Waals surface area contributed by atoms with Crippen molar-refractivity contribution in [1.29, 1.82) is 0 Å². The summed E-state index contributed by atoms with van der Waals surface area (Å²) in [4.78, 5) is 15.0. The lowest BCUT2D eigenvalue weighted by Gasteiger charge is -2.49. The third-order valence-corrected chi connectivity index (χ3v) is 6.60. The van der Waals surface area contributed by atoms with Crippen LogP contribution in [0.2, 0.25) is 0 Å². The van der Waals surface area contributed by atoms with Gasteiger partial charge in [-0.1, -0.05) is 48.5 Å². The molecular weight excluding hydrogens is 348 g/mol. The number of amides is 1. The van der Waals surface area contributed by atoms with Gasteiger partial charge >= 0.3 is 0 Å². The van der Waals surface area contributed by atoms with Gasteiger partial charge in [-0.2, -0.15) is 0 Å². The number of rotatable bonds is 4. The van der Waals surface area contributed by atoms with Crippen LogP contribution < -0.4 is 10.2 Å². The first-order valence-electron chi connectivity index (χ1n) is 10.5. The number of anilines is 1. The third-order valence-electron chi connectivity index (χ3n) is 6.60. The number of carbonyl (C=O) groups is 1. The molecule has 2 aromatic rings. The van der Waals surface area contributed by atoms with E-state index >= 15 is 0 Å². The second-order valence-electron chi connectivity index (χ2n) is 8.65. The van der Waals surface area contributed by atoms with Gasteiger partial charge in [0.15, 0.2) is 0 Å². The van der Waals surface area contributed by atoms with Crippen LogP contribution in [-0.4, -0.2) is 29.7 Å². The molecule has 1 saturated heterocycles. The maximum Gasteiger partial charge on any atom is 0.259 e. The first-order chi connectivity index (χ1) is 13.7. The quantitative estimate of drug-likeness (QED) is 0.875. The Morgan fingerprint density at radius 1 is 0.929 bits per heavy atom. The summed E-state index contributed by atoms with van der Waals surface area (Å²) in [6.45, 7) is 1.60. The van der Waals surface area contributed by atoms with Crippen LogP contribution in [0.3, 0.4) is 0 Å². The van der Waals surface area contributed by atoms with Crippen LogP contribution >= 0.6 is 0 Å². The van der Waals surface area contributed by atoms with Gasteiger partial charge in [0, 0.05) is 18.3 Å². The highest BCUT2D eigenvalue weighted by Crippen LogP contribution is 2.51. The highest BCUT2D eigenvalue weighted by atomic mass is 16.5. The van der Waals surface area contributed by atoms with Crippen LogP contribution in [0.5, 0.6) is 0 Å². The second kappa shape index (κ2) is 7.02. The Kier molecular flexibility index (Phi) is 4.48. The fourth-order valence-corrected chi connectivity index (χ4v) is 4.81. The molecule has 0 atom stereocenters. The molecular formula is C24H28N2O2. The Morgan fingerprint density at radius 3 is 2.21 bits per heavy atom. The largest absolute Gasteiger partial charge is 0.357 e. The van der Waals surface area contributed by atoms with Crippen molar-refractivity contribution < 1.29 is 9.53 Å². The Hall–Kier alpha value is -2.17. The first kappa shape index (κ1) is 17.9. The van der Waals surface area contributed by atoms with Gasteiger partial charge in [0.1, 0.15) is 5.60 Å². The topological polar surface area (TPSA) is 41.6 Å². The van der Waals surface area contributed by atoms with Crippen LogP contribution in [-0.2, 0) is 16.1 Å². The number of hydrogen-bond acceptors (Lipinski definition) is 3. The van der Waals surface area contributed by atoms with Crippen molar-refractivity contribution in [1.82, 2.24) is 5.32 Å². The molecule has 28 heavy (non-hydrogen) atoms. The number of carbonyl (C=O) groups excluding carboxylic acids is 1. The Balaban J connectivity index is 1.26. The van der Waals surface area contributed by atoms with Crippen LogP contribution in [0.25, 0.3) is 0 Å². The summed E-state index contributed by atoms with van der Waals surface area (Å²) in [6.07, 6.45) is 5.95. The zero-order valence-electron chi connectivity index (χ0n) is 16.3. The molecule has 2 aliphatic carbocycles. The summed E-state index contributed by atoms with van der Waals surface area (Å²) in [7, 11) is 0. The molecule has 2 aromatic carbocycles. The fraction of sp³-hybridized carbons (Fsp3) is 0.458. The normalized spacial score (nSPS) is 28.6. The van der Waals surface area contributed by atoms with E-state index in [-0.39, 0.29) is 11.5 Å². The van der Waals surface area contributed by atoms with Crippen LogP contribution in [0.15, 0.2) is 60.7 Å². The molecule has 2 spiro atoms. The van der Waals surface area contributed by atoms with Crippen LogP contribution in [0.1, 0.15) is 44.1 Å². The molecule has 146 valence electrons. The molecule has 4 nitrogen and oxygen atoms in total. The standard InChI is InChI=1S/C24H28N2O2/c27-22-24(15-16-24)28-23(18-26(22)21-9-5-2-6-10-21)13-11-20(12-14-23)25-17-19-7-3-1-4-8-19/h1-10,20,25H,11-18H2/t20-,23+. The molecule has 0 aromatic heterocycles. The Morgan fingerprint density at radius 2 is 1.57 bits per heavy atom. The van der Waals surface area contributed by atoms with Crippen LogP contribution in [0, 0.1) is 0 Å². The smallest absolute Gasteiger partial charge is 0.259 e. The molecule has 1 aliphatic heterocycles. The summed E-state index contributed by atoms with van der Waals surface area (Å²) in [5.41, 5.74) is 1.60. The minimum absolute atomic E-state index is 0.161. The molecule has 3 aliphatic rings. The molecule has 1 amide bonds. The Labute approximate surface area is 166 Å². The summed E-state index contributed by atoms with van der Waals surface area (Å²) >= 11 is 0. The lowest BCUT2D eigenvalue weighted by Crippen LogP contribution is -2.62. The highest BCUT2D eigenvalue weighted by molar-refractivity contribution is 6.02. The number of nitrogens with one attached hydrogen (secondary N) is 1. The zero-order chi connectivity index (χ0) is 19.0. The van der Waals surface area contributed by atoms with E-state index in [0.29, 0.717) is 12.6 Å². The molecule has 2 saturated carbocycles.